The zero-order chi connectivity index (χ0) is 19.4. The molecule has 4 nitrogen and oxygen atoms in total. The average Bonchev–Trinajstić information content (AvgIpc) is 2.78. The van der Waals surface area contributed by atoms with E-state index in [4.69, 9.17) is 4.74 Å². The van der Waals surface area contributed by atoms with Gasteiger partial charge in [0.1, 0.15) is 0 Å². The van der Waals surface area contributed by atoms with Crippen LogP contribution in [0.2, 0.25) is 0 Å². The predicted octanol–water partition coefficient (Wildman–Crippen LogP) is 4.15. The van der Waals surface area contributed by atoms with Gasteiger partial charge in [-0.3, -0.25) is 4.90 Å². The summed E-state index contributed by atoms with van der Waals surface area (Å²) in [7, 11) is 0. The number of aliphatic hydroxyl groups is 1. The number of fused-ring (bicyclic) bond motifs is 1. The van der Waals surface area contributed by atoms with Crippen LogP contribution in [0.1, 0.15) is 43.2 Å². The van der Waals surface area contributed by atoms with Gasteiger partial charge in [-0.15, -0.1) is 12.4 Å². The van der Waals surface area contributed by atoms with Crippen molar-refractivity contribution in [1.29, 1.82) is 0 Å². The maximum atomic E-state index is 13.2. The number of halogens is 1. The maximum Gasteiger partial charge on any atom is 0.347 e. The van der Waals surface area contributed by atoms with E-state index >= 15 is 0 Å². The lowest BCUT2D eigenvalue weighted by molar-refractivity contribution is -0.165. The fourth-order valence-electron chi connectivity index (χ4n) is 4.82. The Morgan fingerprint density at radius 2 is 1.52 bits per heavy atom. The fourth-order valence-corrected chi connectivity index (χ4v) is 4.82. The number of benzene rings is 2. The monoisotopic (exact) mass is 415 g/mol. The third kappa shape index (κ3) is 4.50. The Kier molecular flexibility index (Phi) is 7.33. The van der Waals surface area contributed by atoms with E-state index in [1.165, 1.54) is 19.3 Å². The highest BCUT2D eigenvalue weighted by molar-refractivity contribution is 5.85. The van der Waals surface area contributed by atoms with Crippen molar-refractivity contribution in [3.8, 4) is 0 Å². The summed E-state index contributed by atoms with van der Waals surface area (Å²) in [6.45, 7) is 2.70. The van der Waals surface area contributed by atoms with Crippen LogP contribution >= 0.6 is 12.4 Å². The first kappa shape index (κ1) is 21.8. The second-order valence-corrected chi connectivity index (χ2v) is 8.04. The molecule has 0 aromatic heterocycles. The van der Waals surface area contributed by atoms with Crippen molar-refractivity contribution < 1.29 is 14.6 Å². The molecule has 2 fully saturated rings. The molecule has 2 aliphatic rings. The smallest absolute Gasteiger partial charge is 0.347 e. The zero-order valence-corrected chi connectivity index (χ0v) is 17.5. The van der Waals surface area contributed by atoms with Crippen molar-refractivity contribution in [3.05, 3.63) is 71.8 Å². The summed E-state index contributed by atoms with van der Waals surface area (Å²) < 4.78 is 5.79. The van der Waals surface area contributed by atoms with Gasteiger partial charge < -0.3 is 9.84 Å². The number of esters is 1. The van der Waals surface area contributed by atoms with Crippen LogP contribution in [-0.4, -0.2) is 41.7 Å². The van der Waals surface area contributed by atoms with Gasteiger partial charge in [-0.2, -0.15) is 0 Å². The molecule has 2 aliphatic heterocycles. The van der Waals surface area contributed by atoms with Crippen molar-refractivity contribution >= 4 is 18.4 Å². The van der Waals surface area contributed by atoms with Gasteiger partial charge in [0.2, 0.25) is 5.60 Å². The third-order valence-electron chi connectivity index (χ3n) is 6.34. The minimum atomic E-state index is -1.79. The molecule has 2 atom stereocenters. The van der Waals surface area contributed by atoms with Crippen LogP contribution in [0, 0.1) is 5.92 Å². The molecule has 4 rings (SSSR count). The Morgan fingerprint density at radius 1 is 0.931 bits per heavy atom. The summed E-state index contributed by atoms with van der Waals surface area (Å²) in [4.78, 5) is 15.7. The Bertz CT molecular complexity index is 742. The third-order valence-corrected chi connectivity index (χ3v) is 6.34. The van der Waals surface area contributed by atoms with Gasteiger partial charge in [0.05, 0.1) is 6.61 Å². The quantitative estimate of drug-likeness (QED) is 0.745. The Balaban J connectivity index is 0.00000240. The Hall–Kier alpha value is -1.88. The zero-order valence-electron chi connectivity index (χ0n) is 16.7. The minimum Gasteiger partial charge on any atom is -0.463 e. The van der Waals surface area contributed by atoms with Gasteiger partial charge in [-0.05, 0) is 49.9 Å². The van der Waals surface area contributed by atoms with Gasteiger partial charge in [0.15, 0.2) is 0 Å². The van der Waals surface area contributed by atoms with Crippen LogP contribution in [0.4, 0.5) is 0 Å². The lowest BCUT2D eigenvalue weighted by Crippen LogP contribution is -2.50. The second-order valence-electron chi connectivity index (χ2n) is 8.04. The van der Waals surface area contributed by atoms with E-state index in [0.717, 1.165) is 25.9 Å². The van der Waals surface area contributed by atoms with Crippen LogP contribution in [0.25, 0.3) is 0 Å². The van der Waals surface area contributed by atoms with E-state index in [-0.39, 0.29) is 12.4 Å². The lowest BCUT2D eigenvalue weighted by Gasteiger charge is -2.44. The Morgan fingerprint density at radius 3 is 2.14 bits per heavy atom. The van der Waals surface area contributed by atoms with E-state index in [0.29, 0.717) is 29.7 Å². The van der Waals surface area contributed by atoms with Crippen LogP contribution in [0.5, 0.6) is 0 Å². The molecule has 2 aromatic carbocycles. The van der Waals surface area contributed by atoms with Crippen LogP contribution in [0.15, 0.2) is 60.7 Å². The van der Waals surface area contributed by atoms with Crippen molar-refractivity contribution in [2.75, 3.05) is 19.7 Å². The first-order chi connectivity index (χ1) is 13.7. The molecule has 0 aliphatic carbocycles. The van der Waals surface area contributed by atoms with Crippen LogP contribution < -0.4 is 0 Å². The van der Waals surface area contributed by atoms with Gasteiger partial charge >= 0.3 is 5.97 Å². The highest BCUT2D eigenvalue weighted by Crippen LogP contribution is 2.34. The summed E-state index contributed by atoms with van der Waals surface area (Å²) in [6.07, 6.45) is 5.95. The number of rotatable bonds is 5. The normalized spacial score (nSPS) is 22.2. The fraction of sp³-hybridized carbons (Fsp3) is 0.458. The SMILES string of the molecule is Cl.O=C(OC[C@@H]1CCCN2CCCC[C@H]12)C(O)(c1ccccc1)c1ccccc1. The molecule has 0 saturated carbocycles. The number of ether oxygens (including phenoxy) is 1. The summed E-state index contributed by atoms with van der Waals surface area (Å²) in [5.41, 5.74) is -0.716. The molecule has 2 heterocycles. The number of hydrogen-bond donors (Lipinski definition) is 1. The number of carbonyl (C=O) groups excluding carboxylic acids is 1. The molecule has 2 aromatic rings. The molecule has 0 spiro atoms. The highest BCUT2D eigenvalue weighted by Gasteiger charge is 2.42. The standard InChI is InChI=1S/C24H29NO3.ClH/c26-23(28-18-19-10-9-17-25-16-8-7-15-22(19)25)24(27,20-11-3-1-4-12-20)21-13-5-2-6-14-21;/h1-6,11-14,19,22,27H,7-10,15-18H2;1H/t19-,22+;/m0./s1. The molecular formula is C24H30ClNO3. The number of nitrogens with zero attached hydrogens (tertiary/aromatic N) is 1. The van der Waals surface area contributed by atoms with Crippen LogP contribution in [-0.2, 0) is 15.1 Å². The molecule has 0 radical (unpaired) electrons. The van der Waals surface area contributed by atoms with Crippen molar-refractivity contribution in [2.24, 2.45) is 5.92 Å². The summed E-state index contributed by atoms with van der Waals surface area (Å²) in [5, 5.41) is 11.5. The molecule has 1 N–H and O–H groups in total. The lowest BCUT2D eigenvalue weighted by atomic mass is 9.83. The van der Waals surface area contributed by atoms with Gasteiger partial charge in [-0.1, -0.05) is 67.1 Å². The number of carbonyl (C=O) groups is 1. The molecule has 0 bridgehead atoms. The Labute approximate surface area is 179 Å². The van der Waals surface area contributed by atoms with E-state index in [2.05, 4.69) is 4.90 Å². The predicted molar refractivity (Wildman–Crippen MR) is 116 cm³/mol. The van der Waals surface area contributed by atoms with E-state index in [1.54, 1.807) is 24.3 Å². The van der Waals surface area contributed by atoms with E-state index in [9.17, 15) is 9.90 Å². The number of piperidine rings is 2. The molecule has 2 saturated heterocycles. The van der Waals surface area contributed by atoms with Crippen molar-refractivity contribution in [1.82, 2.24) is 4.90 Å². The van der Waals surface area contributed by atoms with E-state index in [1.807, 2.05) is 36.4 Å². The van der Waals surface area contributed by atoms with Gasteiger partial charge in [0.25, 0.3) is 0 Å². The molecule has 0 amide bonds. The molecule has 5 heteroatoms. The molecule has 0 unspecified atom stereocenters. The van der Waals surface area contributed by atoms with Gasteiger partial charge in [0, 0.05) is 12.0 Å². The molecule has 29 heavy (non-hydrogen) atoms. The van der Waals surface area contributed by atoms with Gasteiger partial charge in [-0.25, -0.2) is 4.79 Å². The summed E-state index contributed by atoms with van der Waals surface area (Å²) in [5.74, 6) is -0.230. The van der Waals surface area contributed by atoms with E-state index < -0.39 is 11.6 Å². The topological polar surface area (TPSA) is 49.8 Å². The average molecular weight is 416 g/mol. The molecule has 156 valence electrons. The first-order valence-electron chi connectivity index (χ1n) is 10.4. The highest BCUT2D eigenvalue weighted by atomic mass is 35.5. The maximum absolute atomic E-state index is 13.2. The van der Waals surface area contributed by atoms with Crippen molar-refractivity contribution in [3.63, 3.8) is 0 Å². The summed E-state index contributed by atoms with van der Waals surface area (Å²) >= 11 is 0. The second kappa shape index (κ2) is 9.75. The summed E-state index contributed by atoms with van der Waals surface area (Å²) in [6, 6.07) is 18.7. The number of hydrogen-bond acceptors (Lipinski definition) is 4. The van der Waals surface area contributed by atoms with Crippen LogP contribution in [0.3, 0.4) is 0 Å². The largest absolute Gasteiger partial charge is 0.463 e. The molecular weight excluding hydrogens is 386 g/mol. The minimum absolute atomic E-state index is 0. The van der Waals surface area contributed by atoms with Crippen molar-refractivity contribution in [2.45, 2.75) is 43.7 Å². The first-order valence-corrected chi connectivity index (χ1v) is 10.4.